The number of fused-ring (bicyclic) bond motifs is 1. The molecule has 2 fully saturated rings. The molecule has 4 heterocycles. The third-order valence-electron chi connectivity index (χ3n) is 9.44. The van der Waals surface area contributed by atoms with Crippen LogP contribution in [0.3, 0.4) is 0 Å². The number of morpholine rings is 1. The number of oxazole rings is 1. The number of hydrogen-bond acceptors (Lipinski definition) is 12. The summed E-state index contributed by atoms with van der Waals surface area (Å²) in [7, 11) is -1.58. The number of ether oxygens (including phenoxy) is 3. The molecule has 0 saturated carbocycles. The van der Waals surface area contributed by atoms with E-state index in [4.69, 9.17) is 18.6 Å². The number of aliphatic hydroxyl groups excluding tert-OH is 1. The van der Waals surface area contributed by atoms with Gasteiger partial charge in [0.05, 0.1) is 68.0 Å². The number of carbonyl (C=O) groups excluding carboxylic acids is 1. The summed E-state index contributed by atoms with van der Waals surface area (Å²) in [6.07, 6.45) is 2.13. The van der Waals surface area contributed by atoms with Crippen molar-refractivity contribution >= 4 is 21.6 Å². The highest BCUT2D eigenvalue weighted by atomic mass is 32.2. The molecule has 3 unspecified atom stereocenters. The van der Waals surface area contributed by atoms with Crippen LogP contribution < -0.4 is 13.8 Å². The maximum absolute atomic E-state index is 15.6. The molecule has 3 aliphatic rings. The molecule has 0 bridgehead atoms. The smallest absolute Gasteiger partial charge is 0.271 e. The van der Waals surface area contributed by atoms with Gasteiger partial charge in [-0.3, -0.25) is 14.6 Å². The van der Waals surface area contributed by atoms with E-state index in [1.165, 1.54) is 63.1 Å². The minimum atomic E-state index is -4.54. The van der Waals surface area contributed by atoms with Gasteiger partial charge in [-0.15, -0.1) is 0 Å². The highest BCUT2D eigenvalue weighted by Crippen LogP contribution is 2.56. The molecule has 1 amide bonds. The normalized spacial score (nSPS) is 23.0. The van der Waals surface area contributed by atoms with Crippen molar-refractivity contribution in [2.45, 2.75) is 35.5 Å². The lowest BCUT2D eigenvalue weighted by molar-refractivity contribution is -0.127. The van der Waals surface area contributed by atoms with Crippen LogP contribution in [0.5, 0.6) is 11.5 Å². The number of nitrogens with zero attached hydrogens (tertiary/aromatic N) is 5. The van der Waals surface area contributed by atoms with Gasteiger partial charge in [0.25, 0.3) is 15.9 Å². The van der Waals surface area contributed by atoms with Gasteiger partial charge in [-0.25, -0.2) is 17.7 Å². The fourth-order valence-electron chi connectivity index (χ4n) is 7.20. The predicted molar refractivity (Wildman–Crippen MR) is 175 cm³/mol. The molecule has 2 saturated heterocycles. The SMILES string of the molecule is COc1ccc(S(=O)(=O)N2C(=O)C(c3cc(CN4CCOCC4)ccc3OC)(N3CC(O)CC3c3ncco3)c3cc(C#N)ccc32)cc1. The second kappa shape index (κ2) is 12.9. The number of sulfonamides is 1. The molecule has 49 heavy (non-hydrogen) atoms. The van der Waals surface area contributed by atoms with Gasteiger partial charge in [-0.1, -0.05) is 6.07 Å². The minimum absolute atomic E-state index is 0.0394. The van der Waals surface area contributed by atoms with Gasteiger partial charge in [0.2, 0.25) is 5.89 Å². The number of anilines is 1. The number of likely N-dealkylation sites (tertiary alicyclic amines) is 1. The number of aromatic nitrogens is 1. The molecule has 13 nitrogen and oxygen atoms in total. The molecular weight excluding hydrogens is 650 g/mol. The van der Waals surface area contributed by atoms with E-state index in [9.17, 15) is 18.8 Å². The number of hydrogen-bond donors (Lipinski definition) is 1. The van der Waals surface area contributed by atoms with Gasteiger partial charge in [-0.05, 0) is 66.6 Å². The zero-order chi connectivity index (χ0) is 34.3. The first kappa shape index (κ1) is 32.8. The molecule has 3 aliphatic heterocycles. The maximum atomic E-state index is 15.6. The van der Waals surface area contributed by atoms with E-state index in [1.807, 2.05) is 12.1 Å². The van der Waals surface area contributed by atoms with Crippen molar-refractivity contribution < 1.29 is 36.9 Å². The lowest BCUT2D eigenvalue weighted by Gasteiger charge is -2.41. The van der Waals surface area contributed by atoms with Crippen LogP contribution in [-0.4, -0.2) is 87.4 Å². The first-order chi connectivity index (χ1) is 23.7. The Labute approximate surface area is 283 Å². The number of rotatable bonds is 9. The van der Waals surface area contributed by atoms with Crippen LogP contribution in [0.1, 0.15) is 40.6 Å². The molecule has 0 aliphatic carbocycles. The monoisotopic (exact) mass is 685 g/mol. The molecule has 4 aromatic rings. The van der Waals surface area contributed by atoms with Crippen LogP contribution in [-0.2, 0) is 31.6 Å². The minimum Gasteiger partial charge on any atom is -0.497 e. The van der Waals surface area contributed by atoms with Crippen molar-refractivity contribution in [3.8, 4) is 17.6 Å². The van der Waals surface area contributed by atoms with Crippen LogP contribution in [0.25, 0.3) is 0 Å². The fourth-order valence-corrected chi connectivity index (χ4v) is 8.66. The topological polar surface area (TPSA) is 159 Å². The lowest BCUT2D eigenvalue weighted by Crippen LogP contribution is -2.55. The Morgan fingerprint density at radius 2 is 1.82 bits per heavy atom. The molecule has 0 radical (unpaired) electrons. The van der Waals surface area contributed by atoms with Gasteiger partial charge in [0.15, 0.2) is 5.54 Å². The Kier molecular flexibility index (Phi) is 8.64. The van der Waals surface area contributed by atoms with Gasteiger partial charge >= 0.3 is 0 Å². The van der Waals surface area contributed by atoms with E-state index >= 15 is 4.79 Å². The summed E-state index contributed by atoms with van der Waals surface area (Å²) in [4.78, 5) is 23.8. The van der Waals surface area contributed by atoms with Gasteiger partial charge in [-0.2, -0.15) is 5.26 Å². The van der Waals surface area contributed by atoms with Crippen molar-refractivity contribution in [3.05, 3.63) is 101 Å². The van der Waals surface area contributed by atoms with E-state index in [0.29, 0.717) is 36.8 Å². The molecular formula is C35H35N5O8S. The summed E-state index contributed by atoms with van der Waals surface area (Å²) in [6, 6.07) is 17.2. The van der Waals surface area contributed by atoms with Crippen molar-refractivity contribution in [2.75, 3.05) is 51.4 Å². The molecule has 1 N–H and O–H groups in total. The zero-order valence-electron chi connectivity index (χ0n) is 27.0. The number of β-amino-alcohol motifs (C(OH)–C–C–N with tert-alkyl or cyclic N) is 1. The highest BCUT2D eigenvalue weighted by molar-refractivity contribution is 7.93. The van der Waals surface area contributed by atoms with Gasteiger partial charge in [0, 0.05) is 37.3 Å². The van der Waals surface area contributed by atoms with Crippen molar-refractivity contribution in [3.63, 3.8) is 0 Å². The number of carbonyl (C=O) groups is 1. The Bertz CT molecular complexity index is 2010. The van der Waals surface area contributed by atoms with E-state index < -0.39 is 33.6 Å². The number of methoxy groups -OCH3 is 2. The van der Waals surface area contributed by atoms with Crippen LogP contribution >= 0.6 is 0 Å². The number of aliphatic hydroxyl groups is 1. The van der Waals surface area contributed by atoms with Crippen LogP contribution in [0.15, 0.2) is 82.4 Å². The van der Waals surface area contributed by atoms with Crippen LogP contribution in [0.4, 0.5) is 5.69 Å². The summed E-state index contributed by atoms with van der Waals surface area (Å²) in [5.41, 5.74) is -0.151. The molecule has 1 aromatic heterocycles. The second-order valence-electron chi connectivity index (χ2n) is 12.2. The first-order valence-electron chi connectivity index (χ1n) is 15.8. The summed E-state index contributed by atoms with van der Waals surface area (Å²) < 4.78 is 52.5. The Balaban J connectivity index is 1.51. The van der Waals surface area contributed by atoms with Crippen LogP contribution in [0.2, 0.25) is 0 Å². The summed E-state index contributed by atoms with van der Waals surface area (Å²) in [6.45, 7) is 3.13. The zero-order valence-corrected chi connectivity index (χ0v) is 27.8. The molecule has 254 valence electrons. The quantitative estimate of drug-likeness (QED) is 0.275. The average Bonchev–Trinajstić information content (AvgIpc) is 3.85. The standard InChI is InChI=1S/C35H35N5O8S/c1-45-26-5-7-27(8-6-26)49(43,44)40-30-9-3-23(20-36)17-28(30)35(34(40)42,39-22-25(41)19-31(39)33-37-11-14-48-33)29-18-24(4-10-32(29)46-2)21-38-12-15-47-16-13-38/h3-11,14,17-18,25,31,41H,12-13,15-16,19,21-22H2,1-2H3. The third-order valence-corrected chi connectivity index (χ3v) is 11.1. The summed E-state index contributed by atoms with van der Waals surface area (Å²) >= 11 is 0. The average molecular weight is 686 g/mol. The van der Waals surface area contributed by atoms with Crippen molar-refractivity contribution in [1.29, 1.82) is 5.26 Å². The van der Waals surface area contributed by atoms with E-state index in [2.05, 4.69) is 16.0 Å². The Morgan fingerprint density at radius 1 is 1.04 bits per heavy atom. The second-order valence-corrected chi connectivity index (χ2v) is 13.9. The molecule has 3 atom stereocenters. The number of nitriles is 1. The van der Waals surface area contributed by atoms with Crippen LogP contribution in [0, 0.1) is 11.3 Å². The molecule has 14 heteroatoms. The van der Waals surface area contributed by atoms with Crippen molar-refractivity contribution in [1.82, 2.24) is 14.8 Å². The molecule has 7 rings (SSSR count). The Morgan fingerprint density at radius 3 is 2.49 bits per heavy atom. The molecule has 0 spiro atoms. The molecule has 3 aromatic carbocycles. The largest absolute Gasteiger partial charge is 0.497 e. The Hall–Kier alpha value is -4.78. The summed E-state index contributed by atoms with van der Waals surface area (Å²) in [5, 5.41) is 21.3. The van der Waals surface area contributed by atoms with E-state index in [1.54, 1.807) is 17.0 Å². The van der Waals surface area contributed by atoms with Crippen molar-refractivity contribution in [2.24, 2.45) is 0 Å². The maximum Gasteiger partial charge on any atom is 0.271 e. The number of benzene rings is 3. The highest BCUT2D eigenvalue weighted by Gasteiger charge is 2.63. The predicted octanol–water partition coefficient (Wildman–Crippen LogP) is 3.18. The van der Waals surface area contributed by atoms with E-state index in [-0.39, 0.29) is 40.6 Å². The first-order valence-corrected chi connectivity index (χ1v) is 17.3. The lowest BCUT2D eigenvalue weighted by atomic mass is 9.79. The van der Waals surface area contributed by atoms with E-state index in [0.717, 1.165) is 23.0 Å². The number of amides is 1. The summed E-state index contributed by atoms with van der Waals surface area (Å²) in [5.74, 6) is 0.202. The third kappa shape index (κ3) is 5.44. The fraction of sp³-hybridized carbons (Fsp3) is 0.343. The van der Waals surface area contributed by atoms with Gasteiger partial charge in [0.1, 0.15) is 17.8 Å². The van der Waals surface area contributed by atoms with Gasteiger partial charge < -0.3 is 23.7 Å².